The first-order valence-electron chi connectivity index (χ1n) is 4.24. The molecule has 15 heavy (non-hydrogen) atoms. The summed E-state index contributed by atoms with van der Waals surface area (Å²) in [6, 6.07) is 7.02. The van der Waals surface area contributed by atoms with Gasteiger partial charge in [-0.15, -0.1) is 12.4 Å². The standard InChI is InChI=1S/C10H9NO2S.ClH/c11-7-4-2-1-3-6(7)9-8(12)5-14-10(9)13;/h1-4,9H,5,11H2;1H. The van der Waals surface area contributed by atoms with Crippen LogP contribution in [0.5, 0.6) is 0 Å². The number of nitrogen functional groups attached to an aromatic ring is 1. The Hall–Kier alpha value is -1.00. The fourth-order valence-electron chi connectivity index (χ4n) is 1.51. The molecule has 2 rings (SSSR count). The molecule has 1 aliphatic rings. The van der Waals surface area contributed by atoms with Gasteiger partial charge in [-0.25, -0.2) is 0 Å². The lowest BCUT2D eigenvalue weighted by Crippen LogP contribution is -2.14. The number of rotatable bonds is 1. The topological polar surface area (TPSA) is 60.2 Å². The lowest BCUT2D eigenvalue weighted by molar-refractivity contribution is -0.122. The molecule has 1 unspecified atom stereocenters. The Morgan fingerprint density at radius 3 is 2.47 bits per heavy atom. The zero-order chi connectivity index (χ0) is 10.1. The SMILES string of the molecule is Cl.Nc1ccccc1C1C(=O)CSC1=O. The van der Waals surface area contributed by atoms with Crippen LogP contribution < -0.4 is 5.73 Å². The lowest BCUT2D eigenvalue weighted by atomic mass is 9.95. The van der Waals surface area contributed by atoms with Crippen molar-refractivity contribution in [2.45, 2.75) is 5.92 Å². The van der Waals surface area contributed by atoms with Gasteiger partial charge >= 0.3 is 0 Å². The number of nitrogens with two attached hydrogens (primary N) is 1. The second-order valence-electron chi connectivity index (χ2n) is 3.14. The quantitative estimate of drug-likeness (QED) is 0.602. The number of carbonyl (C=O) groups excluding carboxylic acids is 2. The van der Waals surface area contributed by atoms with Gasteiger partial charge in [0.1, 0.15) is 5.92 Å². The van der Waals surface area contributed by atoms with Crippen LogP contribution in [-0.4, -0.2) is 16.7 Å². The average Bonchev–Trinajstić information content (AvgIpc) is 2.48. The van der Waals surface area contributed by atoms with Crippen LogP contribution in [0.15, 0.2) is 24.3 Å². The summed E-state index contributed by atoms with van der Waals surface area (Å²) in [6.45, 7) is 0. The normalized spacial score (nSPS) is 20.1. The molecule has 1 saturated heterocycles. The molecule has 1 aliphatic heterocycles. The largest absolute Gasteiger partial charge is 0.398 e. The molecule has 0 radical (unpaired) electrons. The van der Waals surface area contributed by atoms with Crippen molar-refractivity contribution in [2.24, 2.45) is 0 Å². The number of anilines is 1. The first-order valence-corrected chi connectivity index (χ1v) is 5.22. The van der Waals surface area contributed by atoms with Gasteiger partial charge in [0.05, 0.1) is 5.75 Å². The highest BCUT2D eigenvalue weighted by Gasteiger charge is 2.35. The summed E-state index contributed by atoms with van der Waals surface area (Å²) in [5, 5.41) is -0.0899. The molecule has 0 aromatic heterocycles. The fourth-order valence-corrected chi connectivity index (χ4v) is 2.39. The van der Waals surface area contributed by atoms with Gasteiger partial charge in [0, 0.05) is 5.69 Å². The van der Waals surface area contributed by atoms with Crippen LogP contribution in [0.3, 0.4) is 0 Å². The molecule has 80 valence electrons. The number of Topliss-reactive ketones (excluding diaryl/α,β-unsaturated/α-hetero) is 1. The van der Waals surface area contributed by atoms with Crippen LogP contribution in [0.25, 0.3) is 0 Å². The first kappa shape index (κ1) is 12.1. The number of benzene rings is 1. The maximum atomic E-state index is 11.4. The first-order chi connectivity index (χ1) is 6.70. The molecule has 0 aliphatic carbocycles. The molecule has 0 bridgehead atoms. The number of para-hydroxylation sites is 1. The van der Waals surface area contributed by atoms with Gasteiger partial charge in [0.2, 0.25) is 5.12 Å². The number of hydrogen-bond acceptors (Lipinski definition) is 4. The molecule has 1 aromatic carbocycles. The van der Waals surface area contributed by atoms with Gasteiger partial charge in [-0.3, -0.25) is 9.59 Å². The zero-order valence-electron chi connectivity index (χ0n) is 7.80. The van der Waals surface area contributed by atoms with E-state index in [2.05, 4.69) is 0 Å². The van der Waals surface area contributed by atoms with E-state index in [0.717, 1.165) is 11.8 Å². The highest BCUT2D eigenvalue weighted by atomic mass is 35.5. The molecule has 1 fully saturated rings. The van der Waals surface area contributed by atoms with Gasteiger partial charge in [-0.2, -0.15) is 0 Å². The van der Waals surface area contributed by atoms with Gasteiger partial charge in [0.15, 0.2) is 5.78 Å². The Bertz CT molecular complexity index is 392. The smallest absolute Gasteiger partial charge is 0.204 e. The van der Waals surface area contributed by atoms with Crippen LogP contribution in [0, 0.1) is 0 Å². The summed E-state index contributed by atoms with van der Waals surface area (Å²) in [4.78, 5) is 22.9. The fraction of sp³-hybridized carbons (Fsp3) is 0.200. The summed E-state index contributed by atoms with van der Waals surface area (Å²) in [7, 11) is 0. The molecular weight excluding hydrogens is 234 g/mol. The van der Waals surface area contributed by atoms with E-state index in [4.69, 9.17) is 5.73 Å². The van der Waals surface area contributed by atoms with E-state index in [9.17, 15) is 9.59 Å². The van der Waals surface area contributed by atoms with E-state index in [-0.39, 0.29) is 29.1 Å². The van der Waals surface area contributed by atoms with Crippen molar-refractivity contribution in [3.63, 3.8) is 0 Å². The van der Waals surface area contributed by atoms with E-state index in [0.29, 0.717) is 11.3 Å². The number of thioether (sulfide) groups is 1. The van der Waals surface area contributed by atoms with E-state index >= 15 is 0 Å². The van der Waals surface area contributed by atoms with Crippen molar-refractivity contribution in [2.75, 3.05) is 11.5 Å². The number of hydrogen-bond donors (Lipinski definition) is 1. The third-order valence-corrected chi connectivity index (χ3v) is 3.17. The number of halogens is 1. The van der Waals surface area contributed by atoms with Gasteiger partial charge < -0.3 is 5.73 Å². The predicted octanol–water partition coefficient (Wildman–Crippen LogP) is 1.62. The molecule has 0 amide bonds. The molecular formula is C10H10ClNO2S. The molecule has 0 spiro atoms. The Morgan fingerprint density at radius 1 is 1.27 bits per heavy atom. The Kier molecular flexibility index (Phi) is 3.77. The molecule has 1 aromatic rings. The van der Waals surface area contributed by atoms with Gasteiger partial charge in [0.25, 0.3) is 0 Å². The Morgan fingerprint density at radius 2 is 1.93 bits per heavy atom. The van der Waals surface area contributed by atoms with Crippen LogP contribution >= 0.6 is 24.2 Å². The second kappa shape index (κ2) is 4.68. The van der Waals surface area contributed by atoms with Crippen molar-refractivity contribution in [1.29, 1.82) is 0 Å². The van der Waals surface area contributed by atoms with Crippen molar-refractivity contribution in [1.82, 2.24) is 0 Å². The summed E-state index contributed by atoms with van der Waals surface area (Å²) in [5.41, 5.74) is 6.87. The summed E-state index contributed by atoms with van der Waals surface area (Å²) < 4.78 is 0. The van der Waals surface area contributed by atoms with Crippen molar-refractivity contribution < 1.29 is 9.59 Å². The average molecular weight is 244 g/mol. The molecule has 3 nitrogen and oxygen atoms in total. The minimum atomic E-state index is -0.638. The van der Waals surface area contributed by atoms with Crippen LogP contribution in [0.2, 0.25) is 0 Å². The number of ketones is 1. The molecule has 0 saturated carbocycles. The zero-order valence-corrected chi connectivity index (χ0v) is 9.44. The molecule has 1 atom stereocenters. The Labute approximate surface area is 97.8 Å². The third-order valence-electron chi connectivity index (χ3n) is 2.22. The minimum absolute atomic E-state index is 0. The van der Waals surface area contributed by atoms with E-state index < -0.39 is 5.92 Å². The maximum absolute atomic E-state index is 11.4. The highest BCUT2D eigenvalue weighted by molar-refractivity contribution is 8.15. The van der Waals surface area contributed by atoms with E-state index in [1.807, 2.05) is 0 Å². The molecule has 2 N–H and O–H groups in total. The molecule has 1 heterocycles. The van der Waals surface area contributed by atoms with Gasteiger partial charge in [-0.1, -0.05) is 30.0 Å². The summed E-state index contributed by atoms with van der Waals surface area (Å²) >= 11 is 1.07. The van der Waals surface area contributed by atoms with Crippen molar-refractivity contribution in [3.8, 4) is 0 Å². The number of carbonyl (C=O) groups is 2. The summed E-state index contributed by atoms with van der Waals surface area (Å²) in [6.07, 6.45) is 0. The van der Waals surface area contributed by atoms with Gasteiger partial charge in [-0.05, 0) is 11.6 Å². The van der Waals surface area contributed by atoms with Crippen molar-refractivity contribution in [3.05, 3.63) is 29.8 Å². The third kappa shape index (κ3) is 2.16. The van der Waals surface area contributed by atoms with Crippen molar-refractivity contribution >= 4 is 40.8 Å². The van der Waals surface area contributed by atoms with Crippen LogP contribution in [0.4, 0.5) is 5.69 Å². The monoisotopic (exact) mass is 243 g/mol. The van der Waals surface area contributed by atoms with E-state index in [1.54, 1.807) is 24.3 Å². The highest BCUT2D eigenvalue weighted by Crippen LogP contribution is 2.33. The predicted molar refractivity (Wildman–Crippen MR) is 63.3 cm³/mol. The lowest BCUT2D eigenvalue weighted by Gasteiger charge is -2.08. The van der Waals surface area contributed by atoms with E-state index in [1.165, 1.54) is 0 Å². The maximum Gasteiger partial charge on any atom is 0.204 e. The second-order valence-corrected chi connectivity index (χ2v) is 4.12. The Balaban J connectivity index is 0.00000112. The minimum Gasteiger partial charge on any atom is -0.398 e. The van der Waals surface area contributed by atoms with Crippen LogP contribution in [0.1, 0.15) is 11.5 Å². The molecule has 5 heteroatoms. The summed E-state index contributed by atoms with van der Waals surface area (Å²) in [5.74, 6) is -0.406. The van der Waals surface area contributed by atoms with Crippen LogP contribution in [-0.2, 0) is 9.59 Å².